The number of anilines is 1. The van der Waals surface area contributed by atoms with Gasteiger partial charge in [-0.2, -0.15) is 5.10 Å². The number of nitrogens with zero attached hydrogens (tertiary/aromatic N) is 5. The predicted octanol–water partition coefficient (Wildman–Crippen LogP) is 4.13. The van der Waals surface area contributed by atoms with Gasteiger partial charge in [-0.15, -0.1) is 0 Å². The highest BCUT2D eigenvalue weighted by Crippen LogP contribution is 2.31. The summed E-state index contributed by atoms with van der Waals surface area (Å²) in [5, 5.41) is 4.83. The summed E-state index contributed by atoms with van der Waals surface area (Å²) in [7, 11) is 3.69. The number of aromatic nitrogens is 2. The average Bonchev–Trinajstić information content (AvgIpc) is 3.19. The van der Waals surface area contributed by atoms with Crippen molar-refractivity contribution in [2.24, 2.45) is 0 Å². The molecule has 186 valence electrons. The van der Waals surface area contributed by atoms with Gasteiger partial charge in [0.25, 0.3) is 5.91 Å². The van der Waals surface area contributed by atoms with Crippen molar-refractivity contribution in [3.63, 3.8) is 0 Å². The van der Waals surface area contributed by atoms with Crippen molar-refractivity contribution in [2.75, 3.05) is 51.8 Å². The van der Waals surface area contributed by atoms with E-state index in [0.29, 0.717) is 30.1 Å². The standard InChI is InChI=1S/C27H34FN5O2/c1-5-13-32(27(34)23-11-6-7-12-25(23)35-4)19-24-20(2)29-33(22-10-8-9-21(28)18-22)26(24)31-16-14-30(3)15-17-31/h6-12,18H,5,13-17,19H2,1-4H3. The lowest BCUT2D eigenvalue weighted by Crippen LogP contribution is -2.45. The molecule has 2 aromatic carbocycles. The number of methoxy groups -OCH3 is 1. The van der Waals surface area contributed by atoms with Gasteiger partial charge >= 0.3 is 0 Å². The Morgan fingerprint density at radius 2 is 1.86 bits per heavy atom. The molecule has 0 N–H and O–H groups in total. The number of halogens is 1. The lowest BCUT2D eigenvalue weighted by Gasteiger charge is -2.35. The second-order valence-corrected chi connectivity index (χ2v) is 9.00. The van der Waals surface area contributed by atoms with E-state index >= 15 is 0 Å². The van der Waals surface area contributed by atoms with Crippen LogP contribution >= 0.6 is 0 Å². The second-order valence-electron chi connectivity index (χ2n) is 9.00. The van der Waals surface area contributed by atoms with Crippen LogP contribution in [0.15, 0.2) is 48.5 Å². The minimum absolute atomic E-state index is 0.0773. The Bertz CT molecular complexity index is 1170. The molecule has 8 heteroatoms. The zero-order valence-corrected chi connectivity index (χ0v) is 21.0. The van der Waals surface area contributed by atoms with E-state index in [0.717, 1.165) is 49.7 Å². The van der Waals surface area contributed by atoms with Gasteiger partial charge in [0.2, 0.25) is 0 Å². The van der Waals surface area contributed by atoms with Crippen LogP contribution in [0.4, 0.5) is 10.2 Å². The molecule has 0 spiro atoms. The third kappa shape index (κ3) is 5.32. The fourth-order valence-electron chi connectivity index (χ4n) is 4.57. The van der Waals surface area contributed by atoms with Crippen molar-refractivity contribution >= 4 is 11.7 Å². The Kier molecular flexibility index (Phi) is 7.70. The number of para-hydroxylation sites is 1. The van der Waals surface area contributed by atoms with Crippen LogP contribution in [-0.4, -0.2) is 72.4 Å². The molecule has 35 heavy (non-hydrogen) atoms. The molecule has 1 aliphatic heterocycles. The number of hydrogen-bond donors (Lipinski definition) is 0. The van der Waals surface area contributed by atoms with Crippen LogP contribution in [-0.2, 0) is 6.54 Å². The first-order chi connectivity index (χ1) is 16.9. The maximum atomic E-state index is 14.1. The maximum Gasteiger partial charge on any atom is 0.257 e. The lowest BCUT2D eigenvalue weighted by molar-refractivity contribution is 0.0739. The summed E-state index contributed by atoms with van der Waals surface area (Å²) in [4.78, 5) is 20.1. The number of likely N-dealkylation sites (N-methyl/N-ethyl adjacent to an activating group) is 1. The second kappa shape index (κ2) is 10.9. The zero-order valence-electron chi connectivity index (χ0n) is 21.0. The Morgan fingerprint density at radius 1 is 1.11 bits per heavy atom. The average molecular weight is 480 g/mol. The summed E-state index contributed by atoms with van der Waals surface area (Å²) in [6.07, 6.45) is 0.821. The Labute approximate surface area is 206 Å². The third-order valence-electron chi connectivity index (χ3n) is 6.48. The molecule has 0 saturated carbocycles. The molecule has 0 unspecified atom stereocenters. The van der Waals surface area contributed by atoms with Gasteiger partial charge in [0.05, 0.1) is 30.6 Å². The van der Waals surface area contributed by atoms with Crippen LogP contribution in [0, 0.1) is 12.7 Å². The molecule has 1 saturated heterocycles. The van der Waals surface area contributed by atoms with Crippen molar-refractivity contribution in [1.29, 1.82) is 0 Å². The van der Waals surface area contributed by atoms with Gasteiger partial charge < -0.3 is 19.4 Å². The van der Waals surface area contributed by atoms with E-state index in [9.17, 15) is 9.18 Å². The van der Waals surface area contributed by atoms with Crippen LogP contribution in [0.3, 0.4) is 0 Å². The van der Waals surface area contributed by atoms with Gasteiger partial charge in [-0.05, 0) is 50.7 Å². The van der Waals surface area contributed by atoms with E-state index < -0.39 is 0 Å². The van der Waals surface area contributed by atoms with Crippen LogP contribution in [0.2, 0.25) is 0 Å². The maximum absolute atomic E-state index is 14.1. The van der Waals surface area contributed by atoms with Crippen molar-refractivity contribution in [1.82, 2.24) is 19.6 Å². The predicted molar refractivity (Wildman–Crippen MR) is 136 cm³/mol. The topological polar surface area (TPSA) is 53.8 Å². The molecule has 4 rings (SSSR count). The number of hydrogen-bond acceptors (Lipinski definition) is 5. The van der Waals surface area contributed by atoms with Crippen molar-refractivity contribution < 1.29 is 13.9 Å². The van der Waals surface area contributed by atoms with Gasteiger partial charge in [0, 0.05) is 38.3 Å². The number of carbonyl (C=O) groups is 1. The highest BCUT2D eigenvalue weighted by atomic mass is 19.1. The first-order valence-electron chi connectivity index (χ1n) is 12.1. The summed E-state index contributed by atoms with van der Waals surface area (Å²) >= 11 is 0. The first kappa shape index (κ1) is 24.7. The Balaban J connectivity index is 1.76. The molecular weight excluding hydrogens is 445 g/mol. The van der Waals surface area contributed by atoms with E-state index in [1.165, 1.54) is 12.1 Å². The number of carbonyl (C=O) groups excluding carboxylic acids is 1. The number of rotatable bonds is 8. The van der Waals surface area contributed by atoms with Gasteiger partial charge in [-0.1, -0.05) is 25.1 Å². The van der Waals surface area contributed by atoms with Crippen LogP contribution in [0.25, 0.3) is 5.69 Å². The normalized spacial score (nSPS) is 14.3. The summed E-state index contributed by atoms with van der Waals surface area (Å²) in [5.74, 6) is 1.10. The van der Waals surface area contributed by atoms with Crippen LogP contribution in [0.5, 0.6) is 5.75 Å². The monoisotopic (exact) mass is 479 g/mol. The summed E-state index contributed by atoms with van der Waals surface area (Å²) in [6, 6.07) is 13.8. The number of benzene rings is 2. The summed E-state index contributed by atoms with van der Waals surface area (Å²) < 4.78 is 21.4. The molecule has 3 aromatic rings. The fourth-order valence-corrected chi connectivity index (χ4v) is 4.57. The molecule has 1 aliphatic rings. The molecule has 0 aliphatic carbocycles. The van der Waals surface area contributed by atoms with E-state index in [4.69, 9.17) is 9.84 Å². The summed E-state index contributed by atoms with van der Waals surface area (Å²) in [6.45, 7) is 8.54. The summed E-state index contributed by atoms with van der Waals surface area (Å²) in [5.41, 5.74) is 3.03. The van der Waals surface area contributed by atoms with Gasteiger partial charge in [-0.3, -0.25) is 4.79 Å². The van der Waals surface area contributed by atoms with Crippen molar-refractivity contribution in [3.05, 3.63) is 71.2 Å². The molecule has 1 aromatic heterocycles. The van der Waals surface area contributed by atoms with E-state index in [-0.39, 0.29) is 11.7 Å². The minimum Gasteiger partial charge on any atom is -0.496 e. The molecule has 1 fully saturated rings. The lowest BCUT2D eigenvalue weighted by atomic mass is 10.1. The van der Waals surface area contributed by atoms with E-state index in [1.807, 2.05) is 34.7 Å². The largest absolute Gasteiger partial charge is 0.496 e. The van der Waals surface area contributed by atoms with Gasteiger partial charge in [0.15, 0.2) is 0 Å². The molecule has 0 bridgehead atoms. The molecule has 0 atom stereocenters. The SMILES string of the molecule is CCCN(Cc1c(C)nn(-c2cccc(F)c2)c1N1CCN(C)CC1)C(=O)c1ccccc1OC. The molecule has 2 heterocycles. The van der Waals surface area contributed by atoms with Crippen molar-refractivity contribution in [3.8, 4) is 11.4 Å². The number of piperazine rings is 1. The minimum atomic E-state index is -0.305. The third-order valence-corrected chi connectivity index (χ3v) is 6.48. The highest BCUT2D eigenvalue weighted by molar-refractivity contribution is 5.97. The van der Waals surface area contributed by atoms with Crippen molar-refractivity contribution in [2.45, 2.75) is 26.8 Å². The number of amides is 1. The number of aryl methyl sites for hydroxylation is 1. The zero-order chi connectivity index (χ0) is 24.9. The Morgan fingerprint density at radius 3 is 2.54 bits per heavy atom. The van der Waals surface area contributed by atoms with Crippen LogP contribution in [0.1, 0.15) is 35.0 Å². The Hall–Kier alpha value is -3.39. The number of ether oxygens (including phenoxy) is 1. The smallest absolute Gasteiger partial charge is 0.257 e. The quantitative estimate of drug-likeness (QED) is 0.486. The first-order valence-corrected chi connectivity index (χ1v) is 12.1. The highest BCUT2D eigenvalue weighted by Gasteiger charge is 2.28. The van der Waals surface area contributed by atoms with E-state index in [1.54, 1.807) is 25.3 Å². The molecule has 0 radical (unpaired) electrons. The van der Waals surface area contributed by atoms with Gasteiger partial charge in [0.1, 0.15) is 17.4 Å². The van der Waals surface area contributed by atoms with E-state index in [2.05, 4.69) is 23.8 Å². The molecule has 1 amide bonds. The molecular formula is C27H34FN5O2. The van der Waals surface area contributed by atoms with Crippen LogP contribution < -0.4 is 9.64 Å². The fraction of sp³-hybridized carbons (Fsp3) is 0.407. The molecule has 7 nitrogen and oxygen atoms in total. The van der Waals surface area contributed by atoms with Gasteiger partial charge in [-0.25, -0.2) is 9.07 Å².